The van der Waals surface area contributed by atoms with Crippen molar-refractivity contribution in [2.24, 2.45) is 0 Å². The molecule has 0 radical (unpaired) electrons. The highest BCUT2D eigenvalue weighted by atomic mass is 32.1. The van der Waals surface area contributed by atoms with Crippen molar-refractivity contribution in [2.45, 2.75) is 89.8 Å². The van der Waals surface area contributed by atoms with Gasteiger partial charge in [0.1, 0.15) is 11.4 Å². The Morgan fingerprint density at radius 1 is 1.18 bits per heavy atom. The topological polar surface area (TPSA) is 68.8 Å². The largest absolute Gasteiger partial charge is 0.466 e. The second-order valence-corrected chi connectivity index (χ2v) is 8.99. The van der Waals surface area contributed by atoms with Crippen LogP contribution in [0.4, 0.5) is 0 Å². The molecule has 2 aliphatic heterocycles. The zero-order valence-electron chi connectivity index (χ0n) is 17.0. The van der Waals surface area contributed by atoms with Crippen LogP contribution in [-0.2, 0) is 19.1 Å². The van der Waals surface area contributed by atoms with Crippen LogP contribution < -0.4 is 0 Å². The molecule has 28 heavy (non-hydrogen) atoms. The Bertz CT molecular complexity index is 726. The van der Waals surface area contributed by atoms with Gasteiger partial charge in [-0.1, -0.05) is 19.3 Å². The number of fused-ring (bicyclic) bond motifs is 1. The van der Waals surface area contributed by atoms with Crippen molar-refractivity contribution >= 4 is 29.2 Å². The van der Waals surface area contributed by atoms with E-state index in [0.717, 1.165) is 48.4 Å². The number of ether oxygens (including phenoxy) is 2. The van der Waals surface area contributed by atoms with Gasteiger partial charge in [0.2, 0.25) is 0 Å². The Balaban J connectivity index is 1.64. The van der Waals surface area contributed by atoms with E-state index in [1.54, 1.807) is 11.3 Å². The number of aryl methyl sites for hydroxylation is 1. The van der Waals surface area contributed by atoms with E-state index in [2.05, 4.69) is 23.4 Å². The molecular formula is C22H31NO4S. The van der Waals surface area contributed by atoms with Crippen molar-refractivity contribution in [1.82, 2.24) is 4.98 Å². The van der Waals surface area contributed by atoms with Gasteiger partial charge in [0, 0.05) is 31.1 Å². The van der Waals surface area contributed by atoms with Gasteiger partial charge in [0.25, 0.3) is 0 Å². The van der Waals surface area contributed by atoms with Crippen LogP contribution in [0, 0.1) is 6.92 Å². The maximum atomic E-state index is 12.0. The summed E-state index contributed by atoms with van der Waals surface area (Å²) in [6.07, 6.45) is 10.2. The Morgan fingerprint density at radius 3 is 2.75 bits per heavy atom. The molecule has 0 spiro atoms. The number of ketones is 1. The number of Topliss-reactive ketones (excluding diaryl/α,β-unsaturated/α-hetero) is 1. The van der Waals surface area contributed by atoms with Gasteiger partial charge in [-0.25, -0.2) is 4.98 Å². The first kappa shape index (κ1) is 21.2. The average molecular weight is 406 g/mol. The van der Waals surface area contributed by atoms with Crippen molar-refractivity contribution in [3.63, 3.8) is 0 Å². The molecule has 154 valence electrons. The molecule has 2 saturated heterocycles. The molecule has 0 saturated carbocycles. The van der Waals surface area contributed by atoms with E-state index in [1.807, 2.05) is 6.92 Å². The number of nitrogens with zero attached hydrogens (tertiary/aromatic N) is 1. The Kier molecular flexibility index (Phi) is 7.41. The van der Waals surface area contributed by atoms with Crippen LogP contribution in [-0.4, -0.2) is 35.0 Å². The highest BCUT2D eigenvalue weighted by Crippen LogP contribution is 2.49. The summed E-state index contributed by atoms with van der Waals surface area (Å²) < 4.78 is 11.6. The number of rotatable bonds is 2. The van der Waals surface area contributed by atoms with Crippen LogP contribution >= 0.6 is 11.3 Å². The third-order valence-electron chi connectivity index (χ3n) is 5.73. The van der Waals surface area contributed by atoms with E-state index in [0.29, 0.717) is 38.7 Å². The normalized spacial score (nSPS) is 28.5. The molecule has 2 aliphatic rings. The van der Waals surface area contributed by atoms with Gasteiger partial charge in [-0.2, -0.15) is 0 Å². The summed E-state index contributed by atoms with van der Waals surface area (Å²) in [4.78, 5) is 28.3. The summed E-state index contributed by atoms with van der Waals surface area (Å²) in [5.74, 6) is 0.0477. The number of esters is 1. The molecule has 2 unspecified atom stereocenters. The van der Waals surface area contributed by atoms with Crippen molar-refractivity contribution in [1.29, 1.82) is 0 Å². The number of aromatic nitrogens is 1. The van der Waals surface area contributed by atoms with Crippen molar-refractivity contribution in [3.8, 4) is 0 Å². The highest BCUT2D eigenvalue weighted by Gasteiger charge is 2.56. The lowest BCUT2D eigenvalue weighted by Crippen LogP contribution is -2.21. The zero-order valence-corrected chi connectivity index (χ0v) is 17.8. The smallest absolute Gasteiger partial charge is 0.305 e. The van der Waals surface area contributed by atoms with Crippen molar-refractivity contribution in [3.05, 3.63) is 21.7 Å². The standard InChI is InChI=1S/C22H31NO4S/c1-16(14-18-15-28-17(2)23-18)22-12-13-26-21(25)11-7-9-19(24)8-5-3-4-6-10-20(22)27-22/h14-15,20H,3-13H2,1-2H3/b16-14+. The number of thiazole rings is 1. The number of epoxide rings is 1. The van der Waals surface area contributed by atoms with Gasteiger partial charge >= 0.3 is 5.97 Å². The first-order valence-electron chi connectivity index (χ1n) is 10.5. The Labute approximate surface area is 171 Å². The summed E-state index contributed by atoms with van der Waals surface area (Å²) in [5.41, 5.74) is 1.80. The maximum Gasteiger partial charge on any atom is 0.305 e. The van der Waals surface area contributed by atoms with E-state index >= 15 is 0 Å². The van der Waals surface area contributed by atoms with E-state index < -0.39 is 0 Å². The monoisotopic (exact) mass is 405 g/mol. The molecule has 0 aromatic carbocycles. The Hall–Kier alpha value is -1.53. The summed E-state index contributed by atoms with van der Waals surface area (Å²) in [6.45, 7) is 4.45. The third kappa shape index (κ3) is 5.74. The number of carbonyl (C=O) groups is 2. The van der Waals surface area contributed by atoms with Gasteiger partial charge in [0.15, 0.2) is 0 Å². The predicted molar refractivity (Wildman–Crippen MR) is 110 cm³/mol. The number of hydrogen-bond donors (Lipinski definition) is 0. The molecule has 5 nitrogen and oxygen atoms in total. The van der Waals surface area contributed by atoms with Crippen LogP contribution in [0.25, 0.3) is 6.08 Å². The van der Waals surface area contributed by atoms with Crippen LogP contribution in [0.2, 0.25) is 0 Å². The highest BCUT2D eigenvalue weighted by molar-refractivity contribution is 7.09. The number of carbonyl (C=O) groups excluding carboxylic acids is 2. The SMILES string of the molecule is C/C(=C\c1csc(C)n1)C12CCOC(=O)CCCC(=O)CCCCCCC1O2. The quantitative estimate of drug-likeness (QED) is 0.510. The molecule has 0 bridgehead atoms. The summed E-state index contributed by atoms with van der Waals surface area (Å²) in [7, 11) is 0. The second-order valence-electron chi connectivity index (χ2n) is 7.93. The lowest BCUT2D eigenvalue weighted by Gasteiger charge is -2.15. The first-order chi connectivity index (χ1) is 13.5. The minimum Gasteiger partial charge on any atom is -0.466 e. The molecule has 2 fully saturated rings. The molecule has 3 heterocycles. The van der Waals surface area contributed by atoms with Crippen molar-refractivity contribution in [2.75, 3.05) is 6.61 Å². The summed E-state index contributed by atoms with van der Waals surface area (Å²) in [5, 5.41) is 3.11. The van der Waals surface area contributed by atoms with Crippen LogP contribution in [0.5, 0.6) is 0 Å². The predicted octanol–water partition coefficient (Wildman–Crippen LogP) is 5.02. The molecule has 3 rings (SSSR count). The fourth-order valence-corrected chi connectivity index (χ4v) is 4.59. The van der Waals surface area contributed by atoms with E-state index in [1.165, 1.54) is 0 Å². The van der Waals surface area contributed by atoms with Gasteiger partial charge in [0.05, 0.1) is 23.4 Å². The molecule has 6 heteroatoms. The fraction of sp³-hybridized carbons (Fsp3) is 0.682. The molecule has 0 amide bonds. The van der Waals surface area contributed by atoms with Crippen molar-refractivity contribution < 1.29 is 19.1 Å². The van der Waals surface area contributed by atoms with Gasteiger partial charge < -0.3 is 9.47 Å². The number of cyclic esters (lactones) is 1. The van der Waals surface area contributed by atoms with Gasteiger partial charge in [-0.15, -0.1) is 11.3 Å². The Morgan fingerprint density at radius 2 is 1.96 bits per heavy atom. The summed E-state index contributed by atoms with van der Waals surface area (Å²) >= 11 is 1.64. The molecule has 0 N–H and O–H groups in total. The minimum absolute atomic E-state index is 0.178. The van der Waals surface area contributed by atoms with Gasteiger partial charge in [-0.3, -0.25) is 9.59 Å². The molecule has 2 atom stereocenters. The van der Waals surface area contributed by atoms with Crippen LogP contribution in [0.3, 0.4) is 0 Å². The van der Waals surface area contributed by atoms with E-state index in [9.17, 15) is 9.59 Å². The maximum absolute atomic E-state index is 12.0. The zero-order chi connectivity index (χ0) is 20.0. The number of hydrogen-bond acceptors (Lipinski definition) is 6. The lowest BCUT2D eigenvalue weighted by molar-refractivity contribution is -0.144. The lowest BCUT2D eigenvalue weighted by atomic mass is 9.90. The third-order valence-corrected chi connectivity index (χ3v) is 6.52. The fourth-order valence-electron chi connectivity index (χ4n) is 4.02. The molecule has 1 aromatic rings. The first-order valence-corrected chi connectivity index (χ1v) is 11.3. The second kappa shape index (κ2) is 9.79. The van der Waals surface area contributed by atoms with Crippen LogP contribution in [0.1, 0.15) is 81.8 Å². The molecule has 1 aromatic heterocycles. The summed E-state index contributed by atoms with van der Waals surface area (Å²) in [6, 6.07) is 0. The van der Waals surface area contributed by atoms with Gasteiger partial charge in [-0.05, 0) is 44.8 Å². The molecule has 0 aliphatic carbocycles. The molecular weight excluding hydrogens is 374 g/mol. The minimum atomic E-state index is -0.329. The van der Waals surface area contributed by atoms with E-state index in [4.69, 9.17) is 9.47 Å². The van der Waals surface area contributed by atoms with E-state index in [-0.39, 0.29) is 23.5 Å². The average Bonchev–Trinajstić information content (AvgIpc) is 3.21. The van der Waals surface area contributed by atoms with Crippen LogP contribution in [0.15, 0.2) is 11.0 Å².